The van der Waals surface area contributed by atoms with Crippen LogP contribution in [0.25, 0.3) is 0 Å². The Morgan fingerprint density at radius 3 is 2.45 bits per heavy atom. The minimum Gasteiger partial charge on any atom is -0.478 e. The van der Waals surface area contributed by atoms with E-state index in [0.29, 0.717) is 12.5 Å². The van der Waals surface area contributed by atoms with Gasteiger partial charge in [-0.2, -0.15) is 0 Å². The van der Waals surface area contributed by atoms with Crippen LogP contribution in [0.2, 0.25) is 10.0 Å². The molecule has 1 rings (SSSR count). The monoisotopic (exact) mass is 318 g/mol. The van der Waals surface area contributed by atoms with Crippen molar-refractivity contribution in [2.24, 2.45) is 5.92 Å². The van der Waals surface area contributed by atoms with Crippen molar-refractivity contribution in [2.45, 2.75) is 13.8 Å². The Hall–Kier alpha value is -1.46. The van der Waals surface area contributed by atoms with Gasteiger partial charge < -0.3 is 15.3 Å². The molecule has 7 heteroatoms. The van der Waals surface area contributed by atoms with Crippen LogP contribution in [-0.4, -0.2) is 35.6 Å². The van der Waals surface area contributed by atoms with E-state index < -0.39 is 12.0 Å². The smallest absolute Gasteiger partial charge is 0.337 e. The van der Waals surface area contributed by atoms with Crippen molar-refractivity contribution in [3.05, 3.63) is 27.7 Å². The predicted octanol–water partition coefficient (Wildman–Crippen LogP) is 3.81. The third-order valence-corrected chi connectivity index (χ3v) is 3.02. The van der Waals surface area contributed by atoms with E-state index in [9.17, 15) is 9.59 Å². The Labute approximate surface area is 127 Å². The Bertz CT molecular complexity index is 533. The summed E-state index contributed by atoms with van der Waals surface area (Å²) in [5.41, 5.74) is -0.0991. The zero-order chi connectivity index (χ0) is 15.4. The molecule has 0 saturated heterocycles. The second-order valence-electron chi connectivity index (χ2n) is 4.82. The van der Waals surface area contributed by atoms with Gasteiger partial charge in [-0.1, -0.05) is 37.0 Å². The number of hydrogen-bond acceptors (Lipinski definition) is 2. The van der Waals surface area contributed by atoms with Crippen LogP contribution in [0.4, 0.5) is 10.5 Å². The summed E-state index contributed by atoms with van der Waals surface area (Å²) >= 11 is 11.7. The Morgan fingerprint density at radius 1 is 1.35 bits per heavy atom. The SMILES string of the molecule is CC(C)CN(C)C(=O)Nc1c(Cl)cc(Cl)cc1C(=O)O. The second kappa shape index (κ2) is 6.81. The summed E-state index contributed by atoms with van der Waals surface area (Å²) in [5.74, 6) is -0.915. The number of nitrogens with zero attached hydrogens (tertiary/aromatic N) is 1. The topological polar surface area (TPSA) is 69.6 Å². The molecule has 0 spiro atoms. The van der Waals surface area contributed by atoms with E-state index in [0.717, 1.165) is 0 Å². The highest BCUT2D eigenvalue weighted by Gasteiger charge is 2.19. The number of carboxylic acids is 1. The lowest BCUT2D eigenvalue weighted by atomic mass is 10.1. The number of rotatable bonds is 4. The van der Waals surface area contributed by atoms with Gasteiger partial charge in [0.05, 0.1) is 16.3 Å². The molecular weight excluding hydrogens is 303 g/mol. The lowest BCUT2D eigenvalue weighted by Crippen LogP contribution is -2.34. The molecule has 0 aliphatic rings. The molecule has 1 aromatic carbocycles. The van der Waals surface area contributed by atoms with Gasteiger partial charge in [0.2, 0.25) is 0 Å². The summed E-state index contributed by atoms with van der Waals surface area (Å²) in [6.45, 7) is 4.49. The fraction of sp³-hybridized carbons (Fsp3) is 0.385. The maximum Gasteiger partial charge on any atom is 0.337 e. The first-order valence-electron chi connectivity index (χ1n) is 5.96. The minimum absolute atomic E-state index is 0.0455. The first-order valence-corrected chi connectivity index (χ1v) is 6.72. The highest BCUT2D eigenvalue weighted by Crippen LogP contribution is 2.30. The maximum absolute atomic E-state index is 12.0. The van der Waals surface area contributed by atoms with E-state index in [-0.39, 0.29) is 21.3 Å². The number of aromatic carboxylic acids is 1. The van der Waals surface area contributed by atoms with Gasteiger partial charge in [0.1, 0.15) is 0 Å². The van der Waals surface area contributed by atoms with Crippen LogP contribution in [0.15, 0.2) is 12.1 Å². The number of halogens is 2. The largest absolute Gasteiger partial charge is 0.478 e. The Morgan fingerprint density at radius 2 is 1.95 bits per heavy atom. The van der Waals surface area contributed by atoms with Gasteiger partial charge in [-0.15, -0.1) is 0 Å². The van der Waals surface area contributed by atoms with E-state index in [2.05, 4.69) is 5.32 Å². The van der Waals surface area contributed by atoms with Gasteiger partial charge >= 0.3 is 12.0 Å². The molecule has 0 saturated carbocycles. The van der Waals surface area contributed by atoms with Gasteiger partial charge in [-0.25, -0.2) is 9.59 Å². The zero-order valence-corrected chi connectivity index (χ0v) is 12.9. The number of carboxylic acid groups (broad SMARTS) is 1. The highest BCUT2D eigenvalue weighted by atomic mass is 35.5. The number of nitrogens with one attached hydrogen (secondary N) is 1. The van der Waals surface area contributed by atoms with Crippen LogP contribution in [-0.2, 0) is 0 Å². The molecule has 0 fully saturated rings. The molecule has 0 aromatic heterocycles. The van der Waals surface area contributed by atoms with E-state index in [1.165, 1.54) is 17.0 Å². The molecule has 0 bridgehead atoms. The molecule has 0 unspecified atom stereocenters. The Balaban J connectivity index is 3.03. The van der Waals surface area contributed by atoms with Crippen molar-refractivity contribution in [2.75, 3.05) is 18.9 Å². The van der Waals surface area contributed by atoms with E-state index in [1.54, 1.807) is 7.05 Å². The van der Waals surface area contributed by atoms with Crippen molar-refractivity contribution >= 4 is 40.9 Å². The molecule has 0 atom stereocenters. The number of anilines is 1. The van der Waals surface area contributed by atoms with Crippen LogP contribution >= 0.6 is 23.2 Å². The fourth-order valence-electron chi connectivity index (χ4n) is 1.70. The number of carbonyl (C=O) groups is 2. The van der Waals surface area contributed by atoms with Gasteiger partial charge in [-0.3, -0.25) is 0 Å². The Kier molecular flexibility index (Phi) is 5.65. The lowest BCUT2D eigenvalue weighted by molar-refractivity contribution is 0.0698. The molecule has 0 aliphatic carbocycles. The lowest BCUT2D eigenvalue weighted by Gasteiger charge is -2.21. The van der Waals surface area contributed by atoms with Crippen LogP contribution in [0, 0.1) is 5.92 Å². The van der Waals surface area contributed by atoms with Gasteiger partial charge in [0, 0.05) is 18.6 Å². The number of carbonyl (C=O) groups excluding carboxylic acids is 1. The van der Waals surface area contributed by atoms with Gasteiger partial charge in [-0.05, 0) is 18.1 Å². The van der Waals surface area contributed by atoms with Gasteiger partial charge in [0.15, 0.2) is 0 Å². The zero-order valence-electron chi connectivity index (χ0n) is 11.4. The number of hydrogen-bond donors (Lipinski definition) is 2. The third kappa shape index (κ3) is 4.28. The number of benzene rings is 1. The van der Waals surface area contributed by atoms with Crippen molar-refractivity contribution in [3.63, 3.8) is 0 Å². The quantitative estimate of drug-likeness (QED) is 0.886. The van der Waals surface area contributed by atoms with Crippen LogP contribution in [0.5, 0.6) is 0 Å². The van der Waals surface area contributed by atoms with Crippen LogP contribution in [0.3, 0.4) is 0 Å². The summed E-state index contributed by atoms with van der Waals surface area (Å²) in [6.07, 6.45) is 0. The second-order valence-corrected chi connectivity index (χ2v) is 5.66. The molecule has 0 aliphatic heterocycles. The summed E-state index contributed by atoms with van der Waals surface area (Å²) in [5, 5.41) is 11.9. The molecule has 2 N–H and O–H groups in total. The highest BCUT2D eigenvalue weighted by molar-refractivity contribution is 6.37. The van der Waals surface area contributed by atoms with E-state index in [1.807, 2.05) is 13.8 Å². The van der Waals surface area contributed by atoms with Gasteiger partial charge in [0.25, 0.3) is 0 Å². The standard InChI is InChI=1S/C13H16Cl2N2O3/c1-7(2)6-17(3)13(20)16-11-9(12(18)19)4-8(14)5-10(11)15/h4-5,7H,6H2,1-3H3,(H,16,20)(H,18,19). The number of urea groups is 1. The first-order chi connectivity index (χ1) is 9.22. The predicted molar refractivity (Wildman–Crippen MR) is 79.9 cm³/mol. The normalized spacial score (nSPS) is 10.5. The average molecular weight is 319 g/mol. The molecule has 5 nitrogen and oxygen atoms in total. The maximum atomic E-state index is 12.0. The van der Waals surface area contributed by atoms with Crippen LogP contribution in [0.1, 0.15) is 24.2 Å². The van der Waals surface area contributed by atoms with Crippen molar-refractivity contribution in [1.82, 2.24) is 4.90 Å². The summed E-state index contributed by atoms with van der Waals surface area (Å²) in [4.78, 5) is 24.6. The van der Waals surface area contributed by atoms with Crippen molar-refractivity contribution < 1.29 is 14.7 Å². The molecule has 1 aromatic rings. The molecule has 0 heterocycles. The first kappa shape index (κ1) is 16.6. The molecule has 0 radical (unpaired) electrons. The third-order valence-electron chi connectivity index (χ3n) is 2.50. The number of amides is 2. The molecule has 20 heavy (non-hydrogen) atoms. The van der Waals surface area contributed by atoms with Crippen molar-refractivity contribution in [3.8, 4) is 0 Å². The van der Waals surface area contributed by atoms with E-state index >= 15 is 0 Å². The van der Waals surface area contributed by atoms with Crippen molar-refractivity contribution in [1.29, 1.82) is 0 Å². The minimum atomic E-state index is -1.21. The molecule has 2 amide bonds. The summed E-state index contributed by atoms with van der Waals surface area (Å²) < 4.78 is 0. The van der Waals surface area contributed by atoms with E-state index in [4.69, 9.17) is 28.3 Å². The summed E-state index contributed by atoms with van der Waals surface area (Å²) in [7, 11) is 1.62. The fourth-order valence-corrected chi connectivity index (χ4v) is 2.24. The average Bonchev–Trinajstić information content (AvgIpc) is 2.30. The molecule has 110 valence electrons. The molecular formula is C13H16Cl2N2O3. The van der Waals surface area contributed by atoms with Crippen LogP contribution < -0.4 is 5.32 Å². The summed E-state index contributed by atoms with van der Waals surface area (Å²) in [6, 6.07) is 2.20.